The molecule has 0 saturated carbocycles. The molecule has 0 atom stereocenters. The van der Waals surface area contributed by atoms with Gasteiger partial charge < -0.3 is 15.3 Å². The quantitative estimate of drug-likeness (QED) is 0.428. The summed E-state index contributed by atoms with van der Waals surface area (Å²) in [6.07, 6.45) is 2.49. The van der Waals surface area contributed by atoms with Gasteiger partial charge in [-0.2, -0.15) is 0 Å². The molecule has 0 radical (unpaired) electrons. The molecule has 3 aromatic rings. The fourth-order valence-electron chi connectivity index (χ4n) is 3.96. The molecule has 2 amide bonds. The first-order valence-corrected chi connectivity index (χ1v) is 12.1. The maximum Gasteiger partial charge on any atom is 0.270 e. The number of benzene rings is 3. The van der Waals surface area contributed by atoms with Crippen LogP contribution in [0.15, 0.2) is 89.0 Å². The smallest absolute Gasteiger partial charge is 0.270 e. The van der Waals surface area contributed by atoms with Crippen molar-refractivity contribution in [2.75, 3.05) is 13.1 Å². The topological polar surface area (TPSA) is 69.6 Å². The van der Waals surface area contributed by atoms with Crippen molar-refractivity contribution in [2.24, 2.45) is 0 Å². The lowest BCUT2D eigenvalue weighted by Gasteiger charge is -2.38. The predicted molar refractivity (Wildman–Crippen MR) is 137 cm³/mol. The van der Waals surface area contributed by atoms with E-state index in [0.717, 1.165) is 15.6 Å². The van der Waals surface area contributed by atoms with Gasteiger partial charge in [0.1, 0.15) is 5.70 Å². The van der Waals surface area contributed by atoms with Crippen molar-refractivity contribution in [3.8, 4) is 0 Å². The summed E-state index contributed by atoms with van der Waals surface area (Å²) in [6, 6.07) is 23.4. The van der Waals surface area contributed by atoms with Crippen molar-refractivity contribution < 1.29 is 14.7 Å². The summed E-state index contributed by atoms with van der Waals surface area (Å²) in [5, 5.41) is 14.5. The Morgan fingerprint density at radius 1 is 0.941 bits per heavy atom. The molecule has 1 heterocycles. The Labute approximate surface area is 212 Å². The summed E-state index contributed by atoms with van der Waals surface area (Å²) < 4.78 is 0.944. The maximum atomic E-state index is 13.4. The Bertz CT molecular complexity index is 1190. The van der Waals surface area contributed by atoms with E-state index in [4.69, 9.17) is 11.6 Å². The summed E-state index contributed by atoms with van der Waals surface area (Å²) in [7, 11) is 0. The van der Waals surface area contributed by atoms with E-state index >= 15 is 0 Å². The van der Waals surface area contributed by atoms with Crippen molar-refractivity contribution >= 4 is 45.4 Å². The maximum absolute atomic E-state index is 13.4. The standard InChI is InChI=1S/C27H24BrClN2O3/c28-22-10-8-21(9-11-22)27(34)14-16-31(17-15-27)26(33)24(18-19-4-2-1-3-5-19)30-25(32)20-6-12-23(29)13-7-20/h1-13,18,34H,14-17H2,(H,30,32). The highest BCUT2D eigenvalue weighted by Crippen LogP contribution is 2.33. The fraction of sp³-hybridized carbons (Fsp3) is 0.185. The minimum Gasteiger partial charge on any atom is -0.385 e. The van der Waals surface area contributed by atoms with Gasteiger partial charge in [-0.05, 0) is 66.4 Å². The van der Waals surface area contributed by atoms with E-state index < -0.39 is 11.5 Å². The zero-order valence-corrected chi connectivity index (χ0v) is 20.7. The number of halogens is 2. The van der Waals surface area contributed by atoms with E-state index in [9.17, 15) is 14.7 Å². The number of hydrogen-bond donors (Lipinski definition) is 2. The average Bonchev–Trinajstić information content (AvgIpc) is 2.85. The first kappa shape index (κ1) is 24.2. The SMILES string of the molecule is O=C(NC(=Cc1ccccc1)C(=O)N1CCC(O)(c2ccc(Br)cc2)CC1)c1ccc(Cl)cc1. The zero-order chi connectivity index (χ0) is 24.1. The van der Waals surface area contributed by atoms with Gasteiger partial charge in [0.15, 0.2) is 0 Å². The average molecular weight is 540 g/mol. The highest BCUT2D eigenvalue weighted by Gasteiger charge is 2.36. The molecule has 2 N–H and O–H groups in total. The highest BCUT2D eigenvalue weighted by molar-refractivity contribution is 9.10. The monoisotopic (exact) mass is 538 g/mol. The number of nitrogens with one attached hydrogen (secondary N) is 1. The van der Waals surface area contributed by atoms with Crippen LogP contribution in [0.2, 0.25) is 5.02 Å². The van der Waals surface area contributed by atoms with Gasteiger partial charge >= 0.3 is 0 Å². The number of aliphatic hydroxyl groups is 1. The highest BCUT2D eigenvalue weighted by atomic mass is 79.9. The van der Waals surface area contributed by atoms with Crippen LogP contribution in [0.25, 0.3) is 6.08 Å². The zero-order valence-electron chi connectivity index (χ0n) is 18.4. The molecule has 1 aliphatic rings. The Morgan fingerprint density at radius 2 is 1.56 bits per heavy atom. The molecule has 3 aromatic carbocycles. The molecule has 34 heavy (non-hydrogen) atoms. The van der Waals surface area contributed by atoms with Crippen LogP contribution in [0.4, 0.5) is 0 Å². The van der Waals surface area contributed by atoms with E-state index in [0.29, 0.717) is 36.5 Å². The number of hydrogen-bond acceptors (Lipinski definition) is 3. The van der Waals surface area contributed by atoms with Crippen LogP contribution in [0.1, 0.15) is 34.3 Å². The van der Waals surface area contributed by atoms with Gasteiger partial charge in [-0.25, -0.2) is 0 Å². The van der Waals surface area contributed by atoms with Crippen LogP contribution in [-0.2, 0) is 10.4 Å². The fourth-order valence-corrected chi connectivity index (χ4v) is 4.35. The number of likely N-dealkylation sites (tertiary alicyclic amines) is 1. The molecule has 0 unspecified atom stereocenters. The second-order valence-electron chi connectivity index (χ2n) is 8.26. The Kier molecular flexibility index (Phi) is 7.51. The minimum absolute atomic E-state index is 0.181. The first-order chi connectivity index (χ1) is 16.3. The third-order valence-electron chi connectivity index (χ3n) is 5.95. The van der Waals surface area contributed by atoms with Crippen LogP contribution >= 0.6 is 27.5 Å². The van der Waals surface area contributed by atoms with Crippen LogP contribution in [0.3, 0.4) is 0 Å². The summed E-state index contributed by atoms with van der Waals surface area (Å²) >= 11 is 9.35. The lowest BCUT2D eigenvalue weighted by atomic mass is 9.84. The second kappa shape index (κ2) is 10.6. The number of carbonyl (C=O) groups excluding carboxylic acids is 2. The number of rotatable bonds is 5. The van der Waals surface area contributed by atoms with Gasteiger partial charge in [-0.15, -0.1) is 0 Å². The van der Waals surface area contributed by atoms with E-state index in [2.05, 4.69) is 21.2 Å². The van der Waals surface area contributed by atoms with Crippen molar-refractivity contribution in [1.29, 1.82) is 0 Å². The summed E-state index contributed by atoms with van der Waals surface area (Å²) in [6.45, 7) is 0.739. The lowest BCUT2D eigenvalue weighted by molar-refractivity contribution is -0.131. The Balaban J connectivity index is 1.52. The van der Waals surface area contributed by atoms with Crippen molar-refractivity contribution in [3.63, 3.8) is 0 Å². The first-order valence-electron chi connectivity index (χ1n) is 11.0. The van der Waals surface area contributed by atoms with Crippen molar-refractivity contribution in [3.05, 3.63) is 111 Å². The number of piperidine rings is 1. The molecule has 1 fully saturated rings. The Morgan fingerprint density at radius 3 is 2.18 bits per heavy atom. The summed E-state index contributed by atoms with van der Waals surface area (Å²) in [5.41, 5.74) is 1.22. The van der Waals surface area contributed by atoms with E-state index in [1.807, 2.05) is 54.6 Å². The van der Waals surface area contributed by atoms with Crippen LogP contribution in [0, 0.1) is 0 Å². The van der Waals surface area contributed by atoms with Crippen LogP contribution in [-0.4, -0.2) is 34.9 Å². The van der Waals surface area contributed by atoms with E-state index in [1.54, 1.807) is 35.2 Å². The molecule has 0 aromatic heterocycles. The van der Waals surface area contributed by atoms with E-state index in [-0.39, 0.29) is 11.6 Å². The van der Waals surface area contributed by atoms with Crippen molar-refractivity contribution in [1.82, 2.24) is 10.2 Å². The summed E-state index contributed by atoms with van der Waals surface area (Å²) in [5.74, 6) is -0.681. The molecule has 1 aliphatic heterocycles. The molecule has 0 bridgehead atoms. The van der Waals surface area contributed by atoms with Gasteiger partial charge in [0.2, 0.25) is 0 Å². The molecule has 5 nitrogen and oxygen atoms in total. The van der Waals surface area contributed by atoms with Gasteiger partial charge in [0, 0.05) is 28.1 Å². The van der Waals surface area contributed by atoms with E-state index in [1.165, 1.54) is 0 Å². The third-order valence-corrected chi connectivity index (χ3v) is 6.74. The molecule has 7 heteroatoms. The van der Waals surface area contributed by atoms with Gasteiger partial charge in [-0.1, -0.05) is 70.0 Å². The van der Waals surface area contributed by atoms with Gasteiger partial charge in [0.05, 0.1) is 5.60 Å². The number of amides is 2. The molecule has 0 spiro atoms. The largest absolute Gasteiger partial charge is 0.385 e. The predicted octanol–water partition coefficient (Wildman–Crippen LogP) is 5.38. The normalized spacial score (nSPS) is 15.6. The number of carbonyl (C=O) groups is 2. The summed E-state index contributed by atoms with van der Waals surface area (Å²) in [4.78, 5) is 28.0. The number of nitrogens with zero attached hydrogens (tertiary/aromatic N) is 1. The van der Waals surface area contributed by atoms with Crippen LogP contribution < -0.4 is 5.32 Å². The molecule has 1 saturated heterocycles. The molecular formula is C27H24BrClN2O3. The molecule has 4 rings (SSSR count). The van der Waals surface area contributed by atoms with Gasteiger partial charge in [0.25, 0.3) is 11.8 Å². The Hall–Kier alpha value is -2.93. The minimum atomic E-state index is -0.993. The van der Waals surface area contributed by atoms with Gasteiger partial charge in [-0.3, -0.25) is 9.59 Å². The van der Waals surface area contributed by atoms with Crippen LogP contribution in [0.5, 0.6) is 0 Å². The van der Waals surface area contributed by atoms with Crippen molar-refractivity contribution in [2.45, 2.75) is 18.4 Å². The molecule has 0 aliphatic carbocycles. The molecule has 174 valence electrons. The second-order valence-corrected chi connectivity index (χ2v) is 9.61. The molecular weight excluding hydrogens is 516 g/mol. The lowest BCUT2D eigenvalue weighted by Crippen LogP contribution is -2.47. The third kappa shape index (κ3) is 5.76.